The number of thiazole rings is 1. The van der Waals surface area contributed by atoms with Crippen LogP contribution >= 0.6 is 11.3 Å². The molecule has 2 saturated carbocycles. The molecule has 1 aromatic heterocycles. The van der Waals surface area contributed by atoms with Crippen LogP contribution < -0.4 is 4.90 Å². The van der Waals surface area contributed by atoms with Crippen LogP contribution in [0.1, 0.15) is 60.3 Å². The summed E-state index contributed by atoms with van der Waals surface area (Å²) in [6.45, 7) is 4.39. The number of rotatable bonds is 7. The molecule has 4 heteroatoms. The summed E-state index contributed by atoms with van der Waals surface area (Å²) in [5.74, 6) is 1.43. The number of hydrogen-bond donors (Lipinski definition) is 0. The van der Waals surface area contributed by atoms with Crippen LogP contribution in [0.15, 0.2) is 0 Å². The summed E-state index contributed by atoms with van der Waals surface area (Å²) in [6, 6.07) is 0. The molecular formula is C14H20N2OS. The predicted molar refractivity (Wildman–Crippen MR) is 74.7 cm³/mol. The van der Waals surface area contributed by atoms with Gasteiger partial charge in [0.2, 0.25) is 0 Å². The van der Waals surface area contributed by atoms with Crippen molar-refractivity contribution in [2.75, 3.05) is 18.0 Å². The van der Waals surface area contributed by atoms with E-state index < -0.39 is 0 Å². The van der Waals surface area contributed by atoms with E-state index in [0.717, 1.165) is 47.4 Å². The number of aromatic nitrogens is 1. The maximum atomic E-state index is 11.1. The Kier molecular flexibility index (Phi) is 3.37. The third-order valence-corrected chi connectivity index (χ3v) is 4.74. The molecule has 0 N–H and O–H groups in total. The lowest BCUT2D eigenvalue weighted by Crippen LogP contribution is -2.26. The van der Waals surface area contributed by atoms with Gasteiger partial charge in [-0.15, -0.1) is 0 Å². The molecule has 0 aromatic carbocycles. The normalized spacial score (nSPS) is 18.9. The van der Waals surface area contributed by atoms with Gasteiger partial charge in [0.15, 0.2) is 11.4 Å². The van der Waals surface area contributed by atoms with Gasteiger partial charge in [-0.1, -0.05) is 18.3 Å². The lowest BCUT2D eigenvalue weighted by atomic mass is 10.3. The monoisotopic (exact) mass is 264 g/mol. The summed E-state index contributed by atoms with van der Waals surface area (Å²) >= 11 is 1.59. The summed E-state index contributed by atoms with van der Waals surface area (Å²) in [4.78, 5) is 19.2. The molecule has 0 atom stereocenters. The van der Waals surface area contributed by atoms with Crippen molar-refractivity contribution >= 4 is 22.8 Å². The average Bonchev–Trinajstić information content (AvgIpc) is 3.28. The van der Waals surface area contributed by atoms with Crippen molar-refractivity contribution in [3.05, 3.63) is 10.6 Å². The molecular weight excluding hydrogens is 244 g/mol. The predicted octanol–water partition coefficient (Wildman–Crippen LogP) is 3.46. The van der Waals surface area contributed by atoms with Crippen molar-refractivity contribution in [2.24, 2.45) is 5.92 Å². The van der Waals surface area contributed by atoms with Crippen LogP contribution in [0.4, 0.5) is 5.13 Å². The smallest absolute Gasteiger partial charge is 0.186 e. The van der Waals surface area contributed by atoms with Gasteiger partial charge in [-0.05, 0) is 38.0 Å². The largest absolute Gasteiger partial charge is 0.348 e. The second-order valence-electron chi connectivity index (χ2n) is 5.53. The van der Waals surface area contributed by atoms with Crippen LogP contribution in [-0.2, 0) is 0 Å². The van der Waals surface area contributed by atoms with Crippen molar-refractivity contribution in [1.82, 2.24) is 4.98 Å². The average molecular weight is 264 g/mol. The highest BCUT2D eigenvalue weighted by atomic mass is 32.1. The van der Waals surface area contributed by atoms with Crippen LogP contribution in [0, 0.1) is 5.92 Å². The zero-order chi connectivity index (χ0) is 12.5. The van der Waals surface area contributed by atoms with E-state index in [1.165, 1.54) is 25.7 Å². The highest BCUT2D eigenvalue weighted by molar-refractivity contribution is 7.17. The van der Waals surface area contributed by atoms with Gasteiger partial charge in [0.25, 0.3) is 0 Å². The van der Waals surface area contributed by atoms with E-state index in [0.29, 0.717) is 5.92 Å². The molecule has 0 saturated heterocycles. The molecule has 0 radical (unpaired) electrons. The minimum Gasteiger partial charge on any atom is -0.348 e. The van der Waals surface area contributed by atoms with Gasteiger partial charge in [0.1, 0.15) is 0 Å². The molecule has 1 aromatic rings. The molecule has 2 fully saturated rings. The molecule has 0 spiro atoms. The minimum absolute atomic E-state index is 0.569. The first kappa shape index (κ1) is 12.2. The van der Waals surface area contributed by atoms with E-state index in [-0.39, 0.29) is 0 Å². The molecule has 98 valence electrons. The Morgan fingerprint density at radius 1 is 1.39 bits per heavy atom. The summed E-state index contributed by atoms with van der Waals surface area (Å²) in [5.41, 5.74) is 1.07. The molecule has 1 heterocycles. The Morgan fingerprint density at radius 3 is 2.72 bits per heavy atom. The minimum atomic E-state index is 0.569. The standard InChI is InChI=1S/C14H20N2OS/c1-2-7-16(8-10-3-4-10)14-15-13(11-5-6-11)12(9-17)18-14/h9-11H,2-8H2,1H3. The van der Waals surface area contributed by atoms with Crippen molar-refractivity contribution in [1.29, 1.82) is 0 Å². The maximum Gasteiger partial charge on any atom is 0.186 e. The molecule has 18 heavy (non-hydrogen) atoms. The van der Waals surface area contributed by atoms with Crippen LogP contribution in [0.3, 0.4) is 0 Å². The first-order valence-electron chi connectivity index (χ1n) is 7.02. The lowest BCUT2D eigenvalue weighted by molar-refractivity contribution is 0.112. The van der Waals surface area contributed by atoms with Crippen molar-refractivity contribution < 1.29 is 4.79 Å². The zero-order valence-electron chi connectivity index (χ0n) is 10.9. The fourth-order valence-corrected chi connectivity index (χ4v) is 3.35. The summed E-state index contributed by atoms with van der Waals surface area (Å²) < 4.78 is 0. The van der Waals surface area contributed by atoms with Crippen LogP contribution in [0.25, 0.3) is 0 Å². The van der Waals surface area contributed by atoms with E-state index >= 15 is 0 Å². The molecule has 0 amide bonds. The number of hydrogen-bond acceptors (Lipinski definition) is 4. The Balaban J connectivity index is 1.80. The first-order valence-corrected chi connectivity index (χ1v) is 7.84. The van der Waals surface area contributed by atoms with Gasteiger partial charge in [-0.25, -0.2) is 4.98 Å². The van der Waals surface area contributed by atoms with E-state index in [2.05, 4.69) is 11.8 Å². The Labute approximate surface area is 112 Å². The second kappa shape index (κ2) is 5.00. The molecule has 2 aliphatic carbocycles. The number of carbonyl (C=O) groups excluding carboxylic acids is 1. The highest BCUT2D eigenvalue weighted by Gasteiger charge is 2.31. The number of nitrogens with zero attached hydrogens (tertiary/aromatic N) is 2. The Bertz CT molecular complexity index is 435. The third-order valence-electron chi connectivity index (χ3n) is 3.68. The van der Waals surface area contributed by atoms with E-state index in [1.807, 2.05) is 0 Å². The fourth-order valence-electron chi connectivity index (χ4n) is 2.35. The fraction of sp³-hybridized carbons (Fsp3) is 0.714. The van der Waals surface area contributed by atoms with Gasteiger partial charge in [0, 0.05) is 19.0 Å². The number of carbonyl (C=O) groups is 1. The molecule has 2 aliphatic rings. The van der Waals surface area contributed by atoms with Crippen molar-refractivity contribution in [2.45, 2.75) is 44.9 Å². The van der Waals surface area contributed by atoms with Gasteiger partial charge >= 0.3 is 0 Å². The SMILES string of the molecule is CCCN(CC1CC1)c1nc(C2CC2)c(C=O)s1. The van der Waals surface area contributed by atoms with E-state index in [4.69, 9.17) is 4.98 Å². The third kappa shape index (κ3) is 2.58. The molecule has 0 bridgehead atoms. The summed E-state index contributed by atoms with van der Waals surface area (Å²) in [7, 11) is 0. The molecule has 0 unspecified atom stereocenters. The highest BCUT2D eigenvalue weighted by Crippen LogP contribution is 2.44. The molecule has 0 aliphatic heterocycles. The van der Waals surface area contributed by atoms with Gasteiger partial charge < -0.3 is 4.90 Å². The quantitative estimate of drug-likeness (QED) is 0.707. The second-order valence-corrected chi connectivity index (χ2v) is 6.54. The zero-order valence-corrected chi connectivity index (χ0v) is 11.7. The van der Waals surface area contributed by atoms with Crippen molar-refractivity contribution in [3.8, 4) is 0 Å². The lowest BCUT2D eigenvalue weighted by Gasteiger charge is -2.20. The van der Waals surface area contributed by atoms with Gasteiger partial charge in [-0.3, -0.25) is 4.79 Å². The van der Waals surface area contributed by atoms with Crippen LogP contribution in [0.5, 0.6) is 0 Å². The Hall–Kier alpha value is -0.900. The Morgan fingerprint density at radius 2 is 2.17 bits per heavy atom. The van der Waals surface area contributed by atoms with Gasteiger partial charge in [-0.2, -0.15) is 0 Å². The summed E-state index contributed by atoms with van der Waals surface area (Å²) in [5, 5.41) is 1.08. The van der Waals surface area contributed by atoms with Crippen LogP contribution in [0.2, 0.25) is 0 Å². The van der Waals surface area contributed by atoms with Crippen LogP contribution in [-0.4, -0.2) is 24.4 Å². The van der Waals surface area contributed by atoms with E-state index in [9.17, 15) is 4.79 Å². The van der Waals surface area contributed by atoms with E-state index in [1.54, 1.807) is 11.3 Å². The maximum absolute atomic E-state index is 11.1. The van der Waals surface area contributed by atoms with Crippen molar-refractivity contribution in [3.63, 3.8) is 0 Å². The first-order chi connectivity index (χ1) is 8.81. The number of anilines is 1. The molecule has 3 rings (SSSR count). The number of aldehydes is 1. The summed E-state index contributed by atoms with van der Waals surface area (Å²) in [6.07, 6.45) is 7.28. The topological polar surface area (TPSA) is 33.2 Å². The molecule has 3 nitrogen and oxygen atoms in total. The van der Waals surface area contributed by atoms with Gasteiger partial charge in [0.05, 0.1) is 10.6 Å².